The fourth-order valence-electron chi connectivity index (χ4n) is 1.28. The zero-order valence-corrected chi connectivity index (χ0v) is 9.06. The summed E-state index contributed by atoms with van der Waals surface area (Å²) in [7, 11) is 0. The van der Waals surface area contributed by atoms with Gasteiger partial charge in [0.05, 0.1) is 0 Å². The van der Waals surface area contributed by atoms with Crippen LogP contribution in [0, 0.1) is 5.82 Å². The number of benzene rings is 1. The van der Waals surface area contributed by atoms with E-state index in [1.165, 1.54) is 18.2 Å². The molecule has 0 bridgehead atoms. The molecule has 0 spiro atoms. The van der Waals surface area contributed by atoms with Crippen LogP contribution in [0.3, 0.4) is 0 Å². The predicted octanol–water partition coefficient (Wildman–Crippen LogP) is 2.33. The highest BCUT2D eigenvalue weighted by Crippen LogP contribution is 2.16. The fourth-order valence-corrected chi connectivity index (χ4v) is 1.47. The molecular formula is C11H13ClFNO. The summed E-state index contributed by atoms with van der Waals surface area (Å²) in [6.07, 6.45) is 1.12. The summed E-state index contributed by atoms with van der Waals surface area (Å²) in [5.41, 5.74) is 5.63. The van der Waals surface area contributed by atoms with E-state index in [9.17, 15) is 9.18 Å². The minimum absolute atomic E-state index is 0.0124. The number of hydrogen-bond acceptors (Lipinski definition) is 2. The standard InChI is InChI=1S/C11H13ClFNO/c12-9-3-4-11(13)8(6-9)7-10(15)2-1-5-14/h3-4,6H,1-2,5,7,14H2. The Bertz CT molecular complexity index is 354. The van der Waals surface area contributed by atoms with E-state index in [1.54, 1.807) is 0 Å². The highest BCUT2D eigenvalue weighted by atomic mass is 35.5. The molecule has 0 atom stereocenters. The lowest BCUT2D eigenvalue weighted by Gasteiger charge is -2.02. The van der Waals surface area contributed by atoms with Gasteiger partial charge in [-0.2, -0.15) is 0 Å². The van der Waals surface area contributed by atoms with Crippen molar-refractivity contribution in [3.63, 3.8) is 0 Å². The summed E-state index contributed by atoms with van der Waals surface area (Å²) in [6, 6.07) is 4.22. The minimum atomic E-state index is -0.388. The van der Waals surface area contributed by atoms with Gasteiger partial charge in [0.1, 0.15) is 11.6 Å². The van der Waals surface area contributed by atoms with Crippen molar-refractivity contribution in [3.05, 3.63) is 34.6 Å². The van der Waals surface area contributed by atoms with E-state index in [-0.39, 0.29) is 18.0 Å². The van der Waals surface area contributed by atoms with E-state index in [4.69, 9.17) is 17.3 Å². The molecule has 0 unspecified atom stereocenters. The lowest BCUT2D eigenvalue weighted by atomic mass is 10.1. The van der Waals surface area contributed by atoms with Gasteiger partial charge in [-0.1, -0.05) is 11.6 Å². The Morgan fingerprint density at radius 1 is 1.47 bits per heavy atom. The van der Waals surface area contributed by atoms with Crippen LogP contribution in [0.15, 0.2) is 18.2 Å². The van der Waals surface area contributed by atoms with Crippen molar-refractivity contribution in [1.29, 1.82) is 0 Å². The second-order valence-electron chi connectivity index (χ2n) is 3.34. The summed E-state index contributed by atoms with van der Waals surface area (Å²) < 4.78 is 13.2. The van der Waals surface area contributed by atoms with Crippen molar-refractivity contribution >= 4 is 17.4 Å². The van der Waals surface area contributed by atoms with Crippen molar-refractivity contribution in [2.75, 3.05) is 6.54 Å². The molecule has 0 aliphatic heterocycles. The number of carbonyl (C=O) groups excluding carboxylic acids is 1. The van der Waals surface area contributed by atoms with Crippen LogP contribution in [-0.2, 0) is 11.2 Å². The molecule has 0 fully saturated rings. The van der Waals surface area contributed by atoms with Gasteiger partial charge in [-0.15, -0.1) is 0 Å². The van der Waals surface area contributed by atoms with E-state index < -0.39 is 0 Å². The lowest BCUT2D eigenvalue weighted by molar-refractivity contribution is -0.118. The van der Waals surface area contributed by atoms with Crippen molar-refractivity contribution in [1.82, 2.24) is 0 Å². The molecule has 0 heterocycles. The minimum Gasteiger partial charge on any atom is -0.330 e. The van der Waals surface area contributed by atoms with Gasteiger partial charge in [-0.05, 0) is 36.7 Å². The Kier molecular flexibility index (Phi) is 4.72. The number of hydrogen-bond donors (Lipinski definition) is 1. The number of ketones is 1. The van der Waals surface area contributed by atoms with Crippen LogP contribution in [0.1, 0.15) is 18.4 Å². The van der Waals surface area contributed by atoms with Gasteiger partial charge in [-0.25, -0.2) is 4.39 Å². The summed E-state index contributed by atoms with van der Waals surface area (Å²) in [5.74, 6) is -0.401. The molecule has 0 saturated heterocycles. The molecule has 0 aliphatic rings. The molecule has 82 valence electrons. The van der Waals surface area contributed by atoms with Gasteiger partial charge in [0.2, 0.25) is 0 Å². The summed E-state index contributed by atoms with van der Waals surface area (Å²) in [6.45, 7) is 0.476. The number of halogens is 2. The van der Waals surface area contributed by atoms with Crippen LogP contribution in [0.2, 0.25) is 5.02 Å². The molecule has 2 N–H and O–H groups in total. The first-order valence-corrected chi connectivity index (χ1v) is 5.17. The highest BCUT2D eigenvalue weighted by Gasteiger charge is 2.08. The number of Topliss-reactive ketones (excluding diaryl/α,β-unsaturated/α-hetero) is 1. The van der Waals surface area contributed by atoms with Gasteiger partial charge in [0.15, 0.2) is 0 Å². The van der Waals surface area contributed by atoms with Crippen molar-refractivity contribution in [3.8, 4) is 0 Å². The molecule has 2 nitrogen and oxygen atoms in total. The first kappa shape index (κ1) is 12.1. The van der Waals surface area contributed by atoms with Crippen LogP contribution < -0.4 is 5.73 Å². The quantitative estimate of drug-likeness (QED) is 0.842. The largest absolute Gasteiger partial charge is 0.330 e. The van der Waals surface area contributed by atoms with Crippen LogP contribution in [0.4, 0.5) is 4.39 Å². The average Bonchev–Trinajstić information content (AvgIpc) is 2.20. The van der Waals surface area contributed by atoms with Gasteiger partial charge in [0.25, 0.3) is 0 Å². The zero-order valence-electron chi connectivity index (χ0n) is 8.30. The van der Waals surface area contributed by atoms with Crippen LogP contribution in [0.25, 0.3) is 0 Å². The third kappa shape index (κ3) is 3.98. The molecule has 1 aromatic carbocycles. The van der Waals surface area contributed by atoms with Gasteiger partial charge in [0, 0.05) is 17.9 Å². The second-order valence-corrected chi connectivity index (χ2v) is 3.78. The number of carbonyl (C=O) groups is 1. The lowest BCUT2D eigenvalue weighted by Crippen LogP contribution is -2.08. The predicted molar refractivity (Wildman–Crippen MR) is 58.4 cm³/mol. The van der Waals surface area contributed by atoms with Gasteiger partial charge < -0.3 is 5.73 Å². The maximum absolute atomic E-state index is 13.2. The molecular weight excluding hydrogens is 217 g/mol. The van der Waals surface area contributed by atoms with Crippen LogP contribution >= 0.6 is 11.6 Å². The van der Waals surface area contributed by atoms with Gasteiger partial charge in [-0.3, -0.25) is 4.79 Å². The molecule has 15 heavy (non-hydrogen) atoms. The summed E-state index contributed by atoms with van der Waals surface area (Å²) in [5, 5.41) is 0.443. The van der Waals surface area contributed by atoms with Crippen molar-refractivity contribution in [2.24, 2.45) is 5.73 Å². The second kappa shape index (κ2) is 5.83. The van der Waals surface area contributed by atoms with E-state index in [0.29, 0.717) is 30.0 Å². The van der Waals surface area contributed by atoms with Crippen molar-refractivity contribution < 1.29 is 9.18 Å². The molecule has 1 rings (SSSR count). The zero-order chi connectivity index (χ0) is 11.3. The van der Waals surface area contributed by atoms with Gasteiger partial charge >= 0.3 is 0 Å². The Balaban J connectivity index is 2.63. The first-order valence-electron chi connectivity index (χ1n) is 4.79. The molecule has 0 radical (unpaired) electrons. The van der Waals surface area contributed by atoms with Crippen LogP contribution in [0.5, 0.6) is 0 Å². The Labute approximate surface area is 93.2 Å². The van der Waals surface area contributed by atoms with E-state index in [1.807, 2.05) is 0 Å². The Morgan fingerprint density at radius 3 is 2.87 bits per heavy atom. The molecule has 0 amide bonds. The monoisotopic (exact) mass is 229 g/mol. The smallest absolute Gasteiger partial charge is 0.137 e. The maximum Gasteiger partial charge on any atom is 0.137 e. The summed E-state index contributed by atoms with van der Waals surface area (Å²) >= 11 is 5.71. The fraction of sp³-hybridized carbons (Fsp3) is 0.364. The third-order valence-corrected chi connectivity index (χ3v) is 2.29. The number of nitrogens with two attached hydrogens (primary N) is 1. The van der Waals surface area contributed by atoms with Crippen LogP contribution in [-0.4, -0.2) is 12.3 Å². The summed E-state index contributed by atoms with van der Waals surface area (Å²) in [4.78, 5) is 11.4. The molecule has 0 saturated carbocycles. The Morgan fingerprint density at radius 2 is 2.20 bits per heavy atom. The molecule has 4 heteroatoms. The van der Waals surface area contributed by atoms with E-state index in [2.05, 4.69) is 0 Å². The van der Waals surface area contributed by atoms with E-state index >= 15 is 0 Å². The Hall–Kier alpha value is -0.930. The topological polar surface area (TPSA) is 43.1 Å². The van der Waals surface area contributed by atoms with Crippen molar-refractivity contribution in [2.45, 2.75) is 19.3 Å². The third-order valence-electron chi connectivity index (χ3n) is 2.06. The molecule has 0 aliphatic carbocycles. The molecule has 1 aromatic rings. The van der Waals surface area contributed by atoms with E-state index in [0.717, 1.165) is 0 Å². The highest BCUT2D eigenvalue weighted by molar-refractivity contribution is 6.30. The first-order chi connectivity index (χ1) is 7.13. The SMILES string of the molecule is NCCCC(=O)Cc1cc(Cl)ccc1F. The maximum atomic E-state index is 13.2. The molecule has 0 aromatic heterocycles. The average molecular weight is 230 g/mol. The number of rotatable bonds is 5. The normalized spacial score (nSPS) is 10.3.